The molecular weight excluding hydrogens is 306 g/mol. The van der Waals surface area contributed by atoms with Gasteiger partial charge in [0.1, 0.15) is 17.5 Å². The van der Waals surface area contributed by atoms with Crippen LogP contribution in [0.25, 0.3) is 0 Å². The summed E-state index contributed by atoms with van der Waals surface area (Å²) in [5, 5.41) is 8.75. The first-order chi connectivity index (χ1) is 10.4. The van der Waals surface area contributed by atoms with Crippen molar-refractivity contribution in [1.29, 1.82) is 0 Å². The normalized spacial score (nSPS) is 12.6. The number of hydrogen-bond acceptors (Lipinski definition) is 4. The average Bonchev–Trinajstić information content (AvgIpc) is 2.48. The van der Waals surface area contributed by atoms with Crippen LogP contribution in [0.3, 0.4) is 0 Å². The number of para-hydroxylation sites is 1. The van der Waals surface area contributed by atoms with Crippen molar-refractivity contribution in [2.45, 2.75) is 17.9 Å². The van der Waals surface area contributed by atoms with Gasteiger partial charge in [0.25, 0.3) is 0 Å². The molecule has 0 spiro atoms. The molecule has 0 aliphatic carbocycles. The molecular formula is C15H15NO5S. The highest BCUT2D eigenvalue weighted by molar-refractivity contribution is 7.89. The zero-order valence-corrected chi connectivity index (χ0v) is 12.6. The molecule has 7 heteroatoms. The maximum absolute atomic E-state index is 12.0. The van der Waals surface area contributed by atoms with Crippen LogP contribution in [0.1, 0.15) is 6.92 Å². The van der Waals surface area contributed by atoms with Crippen LogP contribution in [0.5, 0.6) is 11.5 Å². The monoisotopic (exact) mass is 321 g/mol. The summed E-state index contributed by atoms with van der Waals surface area (Å²) in [5.74, 6) is -0.125. The van der Waals surface area contributed by atoms with E-state index in [0.29, 0.717) is 11.5 Å². The maximum atomic E-state index is 12.0. The van der Waals surface area contributed by atoms with E-state index in [1.54, 1.807) is 12.1 Å². The van der Waals surface area contributed by atoms with Gasteiger partial charge in [-0.3, -0.25) is 4.79 Å². The summed E-state index contributed by atoms with van der Waals surface area (Å²) in [6.45, 7) is 1.26. The summed E-state index contributed by atoms with van der Waals surface area (Å²) in [7, 11) is -3.88. The van der Waals surface area contributed by atoms with E-state index in [-0.39, 0.29) is 4.90 Å². The molecule has 0 aliphatic rings. The number of aliphatic carboxylic acids is 1. The Labute approximate surface area is 128 Å². The molecule has 0 heterocycles. The number of benzene rings is 2. The lowest BCUT2D eigenvalue weighted by molar-refractivity contribution is -0.138. The number of carbonyl (C=O) groups is 1. The molecule has 0 radical (unpaired) electrons. The zero-order valence-electron chi connectivity index (χ0n) is 11.8. The van der Waals surface area contributed by atoms with Gasteiger partial charge in [-0.15, -0.1) is 0 Å². The van der Waals surface area contributed by atoms with Crippen molar-refractivity contribution in [1.82, 2.24) is 4.72 Å². The lowest BCUT2D eigenvalue weighted by Crippen LogP contribution is -2.38. The Morgan fingerprint density at radius 3 is 2.14 bits per heavy atom. The first kappa shape index (κ1) is 16.0. The van der Waals surface area contributed by atoms with Gasteiger partial charge in [0, 0.05) is 0 Å². The van der Waals surface area contributed by atoms with Crippen LogP contribution in [0.4, 0.5) is 0 Å². The van der Waals surface area contributed by atoms with E-state index >= 15 is 0 Å². The van der Waals surface area contributed by atoms with Gasteiger partial charge >= 0.3 is 5.97 Å². The topological polar surface area (TPSA) is 92.7 Å². The molecule has 22 heavy (non-hydrogen) atoms. The van der Waals surface area contributed by atoms with Gasteiger partial charge in [-0.25, -0.2) is 8.42 Å². The number of carboxylic acids is 1. The first-order valence-corrected chi connectivity index (χ1v) is 7.95. The SMILES string of the molecule is C[C@@H](NS(=O)(=O)c1ccc(Oc2ccccc2)cc1)C(=O)O. The zero-order chi connectivity index (χ0) is 16.2. The Morgan fingerprint density at radius 2 is 1.59 bits per heavy atom. The fourth-order valence-electron chi connectivity index (χ4n) is 1.66. The third-order valence-electron chi connectivity index (χ3n) is 2.82. The van der Waals surface area contributed by atoms with Gasteiger partial charge < -0.3 is 9.84 Å². The predicted octanol–water partition coefficient (Wildman–Crippen LogP) is 2.23. The molecule has 0 aromatic heterocycles. The number of rotatable bonds is 6. The molecule has 2 N–H and O–H groups in total. The van der Waals surface area contributed by atoms with Crippen molar-refractivity contribution in [3.8, 4) is 11.5 Å². The fourth-order valence-corrected chi connectivity index (χ4v) is 2.86. The molecule has 1 atom stereocenters. The summed E-state index contributed by atoms with van der Waals surface area (Å²) in [6.07, 6.45) is 0. The molecule has 0 bridgehead atoms. The van der Waals surface area contributed by atoms with Crippen LogP contribution in [-0.4, -0.2) is 25.5 Å². The number of ether oxygens (including phenoxy) is 1. The molecule has 0 amide bonds. The van der Waals surface area contributed by atoms with E-state index in [2.05, 4.69) is 4.72 Å². The van der Waals surface area contributed by atoms with Gasteiger partial charge in [-0.2, -0.15) is 4.72 Å². The average molecular weight is 321 g/mol. The van der Waals surface area contributed by atoms with Crippen LogP contribution in [-0.2, 0) is 14.8 Å². The minimum atomic E-state index is -3.88. The highest BCUT2D eigenvalue weighted by Crippen LogP contribution is 2.22. The van der Waals surface area contributed by atoms with E-state index in [0.717, 1.165) is 0 Å². The minimum Gasteiger partial charge on any atom is -0.480 e. The number of carboxylic acid groups (broad SMARTS) is 1. The molecule has 116 valence electrons. The third kappa shape index (κ3) is 4.06. The van der Waals surface area contributed by atoms with Crippen molar-refractivity contribution >= 4 is 16.0 Å². The summed E-state index contributed by atoms with van der Waals surface area (Å²) in [4.78, 5) is 10.7. The van der Waals surface area contributed by atoms with Crippen LogP contribution >= 0.6 is 0 Å². The van der Waals surface area contributed by atoms with E-state index in [4.69, 9.17) is 9.84 Å². The summed E-state index contributed by atoms with van der Waals surface area (Å²) >= 11 is 0. The fraction of sp³-hybridized carbons (Fsp3) is 0.133. The van der Waals surface area contributed by atoms with Crippen LogP contribution in [0, 0.1) is 0 Å². The molecule has 0 saturated carbocycles. The largest absolute Gasteiger partial charge is 0.480 e. The second-order valence-electron chi connectivity index (χ2n) is 4.57. The minimum absolute atomic E-state index is 0.0268. The van der Waals surface area contributed by atoms with Gasteiger partial charge in [0.15, 0.2) is 0 Å². The molecule has 6 nitrogen and oxygen atoms in total. The molecule has 2 aromatic rings. The van der Waals surface area contributed by atoms with Crippen molar-refractivity contribution in [3.05, 3.63) is 54.6 Å². The maximum Gasteiger partial charge on any atom is 0.321 e. The molecule has 2 rings (SSSR count). The van der Waals surface area contributed by atoms with Gasteiger partial charge in [-0.1, -0.05) is 18.2 Å². The Kier molecular flexibility index (Phi) is 4.79. The highest BCUT2D eigenvalue weighted by atomic mass is 32.2. The lowest BCUT2D eigenvalue weighted by atomic mass is 10.3. The third-order valence-corrected chi connectivity index (χ3v) is 4.37. The highest BCUT2D eigenvalue weighted by Gasteiger charge is 2.21. The van der Waals surface area contributed by atoms with Crippen molar-refractivity contribution in [3.63, 3.8) is 0 Å². The van der Waals surface area contributed by atoms with E-state index < -0.39 is 22.0 Å². The molecule has 0 fully saturated rings. The van der Waals surface area contributed by atoms with Gasteiger partial charge in [0.05, 0.1) is 4.90 Å². The predicted molar refractivity (Wildman–Crippen MR) is 80.4 cm³/mol. The molecule has 2 aromatic carbocycles. The van der Waals surface area contributed by atoms with Crippen molar-refractivity contribution in [2.24, 2.45) is 0 Å². The lowest BCUT2D eigenvalue weighted by Gasteiger charge is -2.11. The quantitative estimate of drug-likeness (QED) is 0.851. The number of sulfonamides is 1. The molecule has 0 aliphatic heterocycles. The summed E-state index contributed by atoms with van der Waals surface area (Å²) in [5.41, 5.74) is 0. The summed E-state index contributed by atoms with van der Waals surface area (Å²) in [6, 6.07) is 13.6. The van der Waals surface area contributed by atoms with Crippen LogP contribution < -0.4 is 9.46 Å². The van der Waals surface area contributed by atoms with Crippen molar-refractivity contribution in [2.75, 3.05) is 0 Å². The standard InChI is InChI=1S/C15H15NO5S/c1-11(15(17)18)16-22(19,20)14-9-7-13(8-10-14)21-12-5-3-2-4-6-12/h2-11,16H,1H3,(H,17,18)/t11-/m1/s1. The van der Waals surface area contributed by atoms with Crippen molar-refractivity contribution < 1.29 is 23.1 Å². The Morgan fingerprint density at radius 1 is 1.05 bits per heavy atom. The number of nitrogens with one attached hydrogen (secondary N) is 1. The first-order valence-electron chi connectivity index (χ1n) is 6.46. The summed E-state index contributed by atoms with van der Waals surface area (Å²) < 4.78 is 31.6. The van der Waals surface area contributed by atoms with E-state index in [1.807, 2.05) is 18.2 Å². The van der Waals surface area contributed by atoms with E-state index in [1.165, 1.54) is 31.2 Å². The Bertz CT molecular complexity index is 741. The molecule has 0 saturated heterocycles. The second-order valence-corrected chi connectivity index (χ2v) is 6.28. The van der Waals surface area contributed by atoms with E-state index in [9.17, 15) is 13.2 Å². The Balaban J connectivity index is 2.13. The Hall–Kier alpha value is -2.38. The second kappa shape index (κ2) is 6.59. The van der Waals surface area contributed by atoms with Crippen LogP contribution in [0.15, 0.2) is 59.5 Å². The number of hydrogen-bond donors (Lipinski definition) is 2. The smallest absolute Gasteiger partial charge is 0.321 e. The van der Waals surface area contributed by atoms with Gasteiger partial charge in [-0.05, 0) is 43.3 Å². The molecule has 0 unspecified atom stereocenters. The van der Waals surface area contributed by atoms with Crippen LogP contribution in [0.2, 0.25) is 0 Å². The van der Waals surface area contributed by atoms with Gasteiger partial charge in [0.2, 0.25) is 10.0 Å².